The van der Waals surface area contributed by atoms with Crippen LogP contribution in [0.3, 0.4) is 0 Å². The van der Waals surface area contributed by atoms with Gasteiger partial charge >= 0.3 is 15.0 Å². The fourth-order valence-electron chi connectivity index (χ4n) is 1.56. The molecule has 100 valence electrons. The Bertz CT molecular complexity index is 588. The monoisotopic (exact) mass is 297 g/mol. The van der Waals surface area contributed by atoms with Crippen LogP contribution in [-0.4, -0.2) is 9.79 Å². The van der Waals surface area contributed by atoms with Crippen molar-refractivity contribution in [1.82, 2.24) is 4.86 Å². The predicted octanol–water partition coefficient (Wildman–Crippen LogP) is 1.60. The molecule has 0 heterocycles. The molecule has 0 saturated heterocycles. The van der Waals surface area contributed by atoms with Crippen molar-refractivity contribution in [3.8, 4) is 0 Å². The number of rotatable bonds is 4. The highest BCUT2D eigenvalue weighted by molar-refractivity contribution is 7.79. The molecule has 5 nitrogen and oxygen atoms in total. The van der Waals surface area contributed by atoms with Crippen molar-refractivity contribution in [3.05, 3.63) is 60.7 Å². The van der Waals surface area contributed by atoms with Gasteiger partial charge in [0.15, 0.2) is 0 Å². The highest BCUT2D eigenvalue weighted by Gasteiger charge is 2.32. The van der Waals surface area contributed by atoms with E-state index in [9.17, 15) is 18.9 Å². The molecule has 2 rings (SSSR count). The van der Waals surface area contributed by atoms with Gasteiger partial charge in [0.1, 0.15) is 0 Å². The number of hydrogen-bond acceptors (Lipinski definition) is 2. The van der Waals surface area contributed by atoms with E-state index in [1.807, 2.05) is 4.86 Å². The predicted molar refractivity (Wildman–Crippen MR) is 74.9 cm³/mol. The first-order valence-corrected chi connectivity index (χ1v) is 8.80. The van der Waals surface area contributed by atoms with E-state index >= 15 is 0 Å². The fraction of sp³-hybridized carbons (Fsp3) is 0. The first kappa shape index (κ1) is 14.2. The van der Waals surface area contributed by atoms with Gasteiger partial charge in [0.05, 0.1) is 10.6 Å². The highest BCUT2D eigenvalue weighted by atomic mass is 31.2. The summed E-state index contributed by atoms with van der Waals surface area (Å²) >= 11 is 0. The lowest BCUT2D eigenvalue weighted by atomic mass is 10.4. The first-order chi connectivity index (χ1) is 8.92. The second-order valence-electron chi connectivity index (χ2n) is 3.92. The van der Waals surface area contributed by atoms with Crippen molar-refractivity contribution in [2.24, 2.45) is 0 Å². The second-order valence-corrected chi connectivity index (χ2v) is 8.06. The van der Waals surface area contributed by atoms with E-state index in [1.165, 1.54) is 24.3 Å². The molecule has 2 atom stereocenters. The van der Waals surface area contributed by atoms with Gasteiger partial charge in [0, 0.05) is 0 Å². The van der Waals surface area contributed by atoms with E-state index < -0.39 is 15.0 Å². The molecule has 0 amide bonds. The molecule has 7 heteroatoms. The Hall–Kier alpha value is -1.22. The summed E-state index contributed by atoms with van der Waals surface area (Å²) in [6.07, 6.45) is 0. The van der Waals surface area contributed by atoms with Crippen LogP contribution in [0, 0.1) is 0 Å². The van der Waals surface area contributed by atoms with Gasteiger partial charge < -0.3 is 9.79 Å². The molecule has 2 aromatic carbocycles. The third kappa shape index (κ3) is 3.41. The Morgan fingerprint density at radius 1 is 0.684 bits per heavy atom. The molecule has 0 aliphatic rings. The summed E-state index contributed by atoms with van der Waals surface area (Å²) in [4.78, 5) is 21.8. The third-order valence-corrected chi connectivity index (χ3v) is 6.65. The standard InChI is InChI=1S/C12H13NO4P2/c14-18(15,11-7-3-1-4-8-11)13-19(16,17)12-9-5-2-6-10-12/h1-10H,(H3,13,14,15,16,17). The van der Waals surface area contributed by atoms with E-state index in [2.05, 4.69) is 0 Å². The molecule has 3 N–H and O–H groups in total. The van der Waals surface area contributed by atoms with E-state index in [4.69, 9.17) is 0 Å². The second kappa shape index (κ2) is 5.41. The van der Waals surface area contributed by atoms with Gasteiger partial charge in [-0.1, -0.05) is 36.4 Å². The van der Waals surface area contributed by atoms with Crippen molar-refractivity contribution in [2.75, 3.05) is 0 Å². The number of nitrogens with one attached hydrogen (secondary N) is 1. The summed E-state index contributed by atoms with van der Waals surface area (Å²) in [5, 5.41) is 0.167. The van der Waals surface area contributed by atoms with Crippen molar-refractivity contribution < 1.29 is 18.9 Å². The van der Waals surface area contributed by atoms with Crippen LogP contribution in [0.4, 0.5) is 0 Å². The molecule has 0 saturated carbocycles. The minimum Gasteiger partial charge on any atom is -0.330 e. The molecule has 2 unspecified atom stereocenters. The lowest BCUT2D eigenvalue weighted by Crippen LogP contribution is -2.21. The molecular weight excluding hydrogens is 284 g/mol. The molecular formula is C12H13NO4P2. The van der Waals surface area contributed by atoms with E-state index in [1.54, 1.807) is 36.4 Å². The lowest BCUT2D eigenvalue weighted by Gasteiger charge is -2.18. The van der Waals surface area contributed by atoms with Crippen LogP contribution in [-0.2, 0) is 9.13 Å². The largest absolute Gasteiger partial charge is 0.330 e. The van der Waals surface area contributed by atoms with Gasteiger partial charge in [-0.15, -0.1) is 0 Å². The zero-order chi connectivity index (χ0) is 13.9. The van der Waals surface area contributed by atoms with Gasteiger partial charge in [-0.25, -0.2) is 0 Å². The average Bonchev–Trinajstić information content (AvgIpc) is 2.40. The highest BCUT2D eigenvalue weighted by Crippen LogP contribution is 2.48. The maximum Gasteiger partial charge on any atom is 0.304 e. The van der Waals surface area contributed by atoms with Crippen molar-refractivity contribution in [1.29, 1.82) is 0 Å². The Morgan fingerprint density at radius 3 is 1.32 bits per heavy atom. The third-order valence-electron chi connectivity index (χ3n) is 2.48. The maximum atomic E-state index is 12.1. The van der Waals surface area contributed by atoms with Gasteiger partial charge in [-0.2, -0.15) is 4.86 Å². The van der Waals surface area contributed by atoms with Gasteiger partial charge in [-0.05, 0) is 24.3 Å². The fourth-order valence-corrected chi connectivity index (χ4v) is 5.11. The van der Waals surface area contributed by atoms with E-state index in [0.29, 0.717) is 0 Å². The zero-order valence-electron chi connectivity index (χ0n) is 9.88. The van der Waals surface area contributed by atoms with Crippen molar-refractivity contribution in [2.45, 2.75) is 0 Å². The van der Waals surface area contributed by atoms with Crippen LogP contribution in [0.1, 0.15) is 0 Å². The van der Waals surface area contributed by atoms with Crippen molar-refractivity contribution in [3.63, 3.8) is 0 Å². The summed E-state index contributed by atoms with van der Waals surface area (Å²) in [7, 11) is -8.19. The Labute approximate surface area is 110 Å². The Kier molecular flexibility index (Phi) is 4.04. The minimum absolute atomic E-state index is 0.0835. The average molecular weight is 297 g/mol. The van der Waals surface area contributed by atoms with E-state index in [0.717, 1.165) is 0 Å². The molecule has 0 aliphatic carbocycles. The quantitative estimate of drug-likeness (QED) is 0.746. The van der Waals surface area contributed by atoms with Crippen LogP contribution in [0.2, 0.25) is 0 Å². The topological polar surface area (TPSA) is 86.6 Å². The molecule has 0 aromatic heterocycles. The zero-order valence-corrected chi connectivity index (χ0v) is 11.7. The summed E-state index contributed by atoms with van der Waals surface area (Å²) in [6, 6.07) is 15.5. The van der Waals surface area contributed by atoms with Crippen LogP contribution in [0.25, 0.3) is 0 Å². The normalized spacial score (nSPS) is 17.4. The van der Waals surface area contributed by atoms with Gasteiger partial charge in [0.2, 0.25) is 0 Å². The maximum absolute atomic E-state index is 12.1. The van der Waals surface area contributed by atoms with Crippen LogP contribution >= 0.6 is 15.0 Å². The molecule has 0 fully saturated rings. The molecule has 2 aromatic rings. The molecule has 0 spiro atoms. The Morgan fingerprint density at radius 2 is 1.00 bits per heavy atom. The Balaban J connectivity index is 2.31. The molecule has 19 heavy (non-hydrogen) atoms. The minimum atomic E-state index is -4.09. The summed E-state index contributed by atoms with van der Waals surface area (Å²) < 4.78 is 24.2. The smallest absolute Gasteiger partial charge is 0.304 e. The summed E-state index contributed by atoms with van der Waals surface area (Å²) in [5.74, 6) is 0. The molecule has 0 bridgehead atoms. The SMILES string of the molecule is O=P(O)(NP(=O)(O)c1ccccc1)c1ccccc1. The number of hydrogen-bond donors (Lipinski definition) is 3. The van der Waals surface area contributed by atoms with Crippen LogP contribution in [0.5, 0.6) is 0 Å². The van der Waals surface area contributed by atoms with Gasteiger partial charge in [0.25, 0.3) is 0 Å². The van der Waals surface area contributed by atoms with E-state index in [-0.39, 0.29) is 10.6 Å². The van der Waals surface area contributed by atoms with Gasteiger partial charge in [-0.3, -0.25) is 9.13 Å². The van der Waals surface area contributed by atoms with Crippen molar-refractivity contribution >= 4 is 25.6 Å². The molecule has 0 aliphatic heterocycles. The lowest BCUT2D eigenvalue weighted by molar-refractivity contribution is 0.464. The first-order valence-electron chi connectivity index (χ1n) is 5.48. The summed E-state index contributed by atoms with van der Waals surface area (Å²) in [6.45, 7) is 0. The van der Waals surface area contributed by atoms with Crippen LogP contribution < -0.4 is 15.5 Å². The number of benzene rings is 2. The summed E-state index contributed by atoms with van der Waals surface area (Å²) in [5.41, 5.74) is 0. The van der Waals surface area contributed by atoms with Crippen LogP contribution in [0.15, 0.2) is 60.7 Å². The molecule has 0 radical (unpaired) electrons.